The molecule has 2 nitrogen and oxygen atoms in total. The first-order valence-electron chi connectivity index (χ1n) is 6.10. The Morgan fingerprint density at radius 1 is 1.19 bits per heavy atom. The van der Waals surface area contributed by atoms with Gasteiger partial charge < -0.3 is 10.1 Å². The minimum atomic E-state index is 0.363. The third-order valence-corrected chi connectivity index (χ3v) is 2.63. The van der Waals surface area contributed by atoms with Crippen molar-refractivity contribution in [3.8, 4) is 0 Å². The van der Waals surface area contributed by atoms with Crippen molar-refractivity contribution in [2.24, 2.45) is 0 Å². The van der Waals surface area contributed by atoms with Crippen LogP contribution in [0.3, 0.4) is 0 Å². The fraction of sp³-hybridized carbons (Fsp3) is 0.571. The molecule has 0 aliphatic carbocycles. The Labute approximate surface area is 99.0 Å². The Kier molecular flexibility index (Phi) is 6.12. The van der Waals surface area contributed by atoms with E-state index >= 15 is 0 Å². The molecule has 16 heavy (non-hydrogen) atoms. The van der Waals surface area contributed by atoms with E-state index in [-0.39, 0.29) is 0 Å². The van der Waals surface area contributed by atoms with Crippen LogP contribution in [0.1, 0.15) is 37.8 Å². The molecule has 0 saturated heterocycles. The molecule has 1 aromatic rings. The van der Waals surface area contributed by atoms with Crippen LogP contribution >= 0.6 is 0 Å². The van der Waals surface area contributed by atoms with Crippen molar-refractivity contribution >= 4 is 0 Å². The molecule has 90 valence electrons. The number of benzene rings is 1. The van der Waals surface area contributed by atoms with Crippen LogP contribution in [0.2, 0.25) is 0 Å². The molecule has 1 unspecified atom stereocenters. The summed E-state index contributed by atoms with van der Waals surface area (Å²) in [5.74, 6) is 0. The Hall–Kier alpha value is -0.860. The summed E-state index contributed by atoms with van der Waals surface area (Å²) in [6, 6.07) is 8.59. The first-order valence-corrected chi connectivity index (χ1v) is 6.10. The van der Waals surface area contributed by atoms with Gasteiger partial charge in [0.15, 0.2) is 0 Å². The van der Waals surface area contributed by atoms with E-state index in [1.54, 1.807) is 0 Å². The highest BCUT2D eigenvalue weighted by atomic mass is 16.5. The molecule has 1 rings (SSSR count). The van der Waals surface area contributed by atoms with Crippen LogP contribution in [-0.2, 0) is 17.9 Å². The lowest BCUT2D eigenvalue weighted by molar-refractivity contribution is 0.0472. The number of nitrogens with one attached hydrogen (secondary N) is 1. The molecule has 0 aliphatic heterocycles. The van der Waals surface area contributed by atoms with E-state index in [1.165, 1.54) is 17.5 Å². The van der Waals surface area contributed by atoms with Crippen LogP contribution in [-0.4, -0.2) is 13.2 Å². The van der Waals surface area contributed by atoms with Gasteiger partial charge in [0.25, 0.3) is 0 Å². The largest absolute Gasteiger partial charge is 0.374 e. The van der Waals surface area contributed by atoms with E-state index in [0.29, 0.717) is 6.10 Å². The number of rotatable bonds is 7. The van der Waals surface area contributed by atoms with Gasteiger partial charge in [0.2, 0.25) is 0 Å². The molecule has 0 heterocycles. The van der Waals surface area contributed by atoms with E-state index in [9.17, 15) is 0 Å². The van der Waals surface area contributed by atoms with Crippen molar-refractivity contribution in [1.29, 1.82) is 0 Å². The summed E-state index contributed by atoms with van der Waals surface area (Å²) in [7, 11) is 1.96. The zero-order valence-corrected chi connectivity index (χ0v) is 10.6. The molecule has 0 fully saturated rings. The van der Waals surface area contributed by atoms with Crippen LogP contribution in [0, 0.1) is 0 Å². The lowest BCUT2D eigenvalue weighted by Crippen LogP contribution is -2.08. The normalized spacial score (nSPS) is 12.7. The fourth-order valence-corrected chi connectivity index (χ4v) is 1.69. The van der Waals surface area contributed by atoms with Crippen LogP contribution in [0.5, 0.6) is 0 Å². The SMILES string of the molecule is CCCC(C)OCc1ccc(CNC)cc1. The molecule has 0 amide bonds. The first kappa shape index (κ1) is 13.2. The summed E-state index contributed by atoms with van der Waals surface area (Å²) >= 11 is 0. The molecule has 0 aliphatic rings. The Balaban J connectivity index is 2.37. The van der Waals surface area contributed by atoms with Gasteiger partial charge in [-0.1, -0.05) is 37.6 Å². The minimum Gasteiger partial charge on any atom is -0.374 e. The van der Waals surface area contributed by atoms with Gasteiger partial charge in [0.1, 0.15) is 0 Å². The highest BCUT2D eigenvalue weighted by Crippen LogP contribution is 2.09. The van der Waals surface area contributed by atoms with Crippen molar-refractivity contribution in [1.82, 2.24) is 5.32 Å². The summed E-state index contributed by atoms with van der Waals surface area (Å²) in [4.78, 5) is 0. The zero-order valence-electron chi connectivity index (χ0n) is 10.6. The lowest BCUT2D eigenvalue weighted by atomic mass is 10.1. The van der Waals surface area contributed by atoms with Gasteiger partial charge in [0.05, 0.1) is 12.7 Å². The molecular formula is C14H23NO. The average molecular weight is 221 g/mol. The maximum atomic E-state index is 5.75. The second-order valence-corrected chi connectivity index (χ2v) is 4.26. The average Bonchev–Trinajstić information content (AvgIpc) is 2.29. The van der Waals surface area contributed by atoms with Gasteiger partial charge in [-0.3, -0.25) is 0 Å². The van der Waals surface area contributed by atoms with Gasteiger partial charge in [-0.05, 0) is 31.5 Å². The highest BCUT2D eigenvalue weighted by molar-refractivity contribution is 5.21. The molecule has 0 radical (unpaired) electrons. The Bertz CT molecular complexity index is 281. The van der Waals surface area contributed by atoms with Crippen LogP contribution in [0.15, 0.2) is 24.3 Å². The summed E-state index contributed by atoms with van der Waals surface area (Å²) in [6.45, 7) is 5.97. The van der Waals surface area contributed by atoms with Crippen molar-refractivity contribution in [3.05, 3.63) is 35.4 Å². The van der Waals surface area contributed by atoms with Crippen molar-refractivity contribution in [2.75, 3.05) is 7.05 Å². The van der Waals surface area contributed by atoms with Gasteiger partial charge in [0, 0.05) is 6.54 Å². The van der Waals surface area contributed by atoms with E-state index < -0.39 is 0 Å². The topological polar surface area (TPSA) is 21.3 Å². The smallest absolute Gasteiger partial charge is 0.0720 e. The van der Waals surface area contributed by atoms with Gasteiger partial charge in [-0.15, -0.1) is 0 Å². The molecular weight excluding hydrogens is 198 g/mol. The molecule has 0 bridgehead atoms. The van der Waals surface area contributed by atoms with Gasteiger partial charge >= 0.3 is 0 Å². The van der Waals surface area contributed by atoms with Gasteiger partial charge in [-0.2, -0.15) is 0 Å². The molecule has 1 atom stereocenters. The van der Waals surface area contributed by atoms with Crippen molar-refractivity contribution < 1.29 is 4.74 Å². The molecule has 0 aromatic heterocycles. The van der Waals surface area contributed by atoms with E-state index in [1.807, 2.05) is 7.05 Å². The predicted octanol–water partition coefficient (Wildman–Crippen LogP) is 3.11. The maximum absolute atomic E-state index is 5.75. The molecule has 2 heteroatoms. The minimum absolute atomic E-state index is 0.363. The zero-order chi connectivity index (χ0) is 11.8. The summed E-state index contributed by atoms with van der Waals surface area (Å²) < 4.78 is 5.75. The van der Waals surface area contributed by atoms with E-state index in [4.69, 9.17) is 4.74 Å². The Morgan fingerprint density at radius 3 is 2.38 bits per heavy atom. The second kappa shape index (κ2) is 7.42. The third kappa shape index (κ3) is 4.77. The number of hydrogen-bond donors (Lipinski definition) is 1. The van der Waals surface area contributed by atoms with Crippen LogP contribution in [0.25, 0.3) is 0 Å². The van der Waals surface area contributed by atoms with Crippen molar-refractivity contribution in [2.45, 2.75) is 45.9 Å². The highest BCUT2D eigenvalue weighted by Gasteiger charge is 2.01. The number of ether oxygens (including phenoxy) is 1. The summed E-state index contributed by atoms with van der Waals surface area (Å²) in [5.41, 5.74) is 2.57. The quantitative estimate of drug-likeness (QED) is 0.764. The summed E-state index contributed by atoms with van der Waals surface area (Å²) in [6.07, 6.45) is 2.68. The standard InChI is InChI=1S/C14H23NO/c1-4-5-12(2)16-11-14-8-6-13(7-9-14)10-15-3/h6-9,12,15H,4-5,10-11H2,1-3H3. The third-order valence-electron chi connectivity index (χ3n) is 2.63. The van der Waals surface area contributed by atoms with E-state index in [0.717, 1.165) is 19.6 Å². The second-order valence-electron chi connectivity index (χ2n) is 4.26. The van der Waals surface area contributed by atoms with E-state index in [2.05, 4.69) is 43.4 Å². The lowest BCUT2D eigenvalue weighted by Gasteiger charge is -2.12. The number of hydrogen-bond acceptors (Lipinski definition) is 2. The molecule has 0 saturated carbocycles. The molecule has 1 N–H and O–H groups in total. The van der Waals surface area contributed by atoms with Crippen LogP contribution in [0.4, 0.5) is 0 Å². The molecule has 0 spiro atoms. The predicted molar refractivity (Wildman–Crippen MR) is 68.4 cm³/mol. The fourth-order valence-electron chi connectivity index (χ4n) is 1.69. The van der Waals surface area contributed by atoms with Gasteiger partial charge in [-0.25, -0.2) is 0 Å². The monoisotopic (exact) mass is 221 g/mol. The maximum Gasteiger partial charge on any atom is 0.0720 e. The Morgan fingerprint density at radius 2 is 1.81 bits per heavy atom. The molecule has 1 aromatic carbocycles. The summed E-state index contributed by atoms with van der Waals surface area (Å²) in [5, 5.41) is 3.14. The van der Waals surface area contributed by atoms with Crippen molar-refractivity contribution in [3.63, 3.8) is 0 Å². The van der Waals surface area contributed by atoms with Crippen LogP contribution < -0.4 is 5.32 Å². The first-order chi connectivity index (χ1) is 7.76.